The van der Waals surface area contributed by atoms with Gasteiger partial charge in [-0.1, -0.05) is 31.2 Å². The molecule has 1 unspecified atom stereocenters. The standard InChI is InChI=1S/C27H26N4O2/c1-3-31-24-10-5-4-9-22(24)23-16-21(11-12-25(23)31)30-27(33)14-18(2)13-26(32)29-20-8-6-7-19(15-20)17-28/h4-12,15-16,18H,3,13-14H2,1-2H3,(H,29,32)(H,30,33). The van der Waals surface area contributed by atoms with E-state index in [9.17, 15) is 9.59 Å². The molecule has 0 radical (unpaired) electrons. The number of aryl methyl sites for hydroxylation is 1. The van der Waals surface area contributed by atoms with Gasteiger partial charge in [0, 0.05) is 52.6 Å². The summed E-state index contributed by atoms with van der Waals surface area (Å²) in [5, 5.41) is 17.0. The van der Waals surface area contributed by atoms with Crippen LogP contribution in [0, 0.1) is 17.2 Å². The van der Waals surface area contributed by atoms with Crippen molar-refractivity contribution in [1.29, 1.82) is 5.26 Å². The predicted molar refractivity (Wildman–Crippen MR) is 132 cm³/mol. The molecule has 1 aromatic heterocycles. The molecule has 0 spiro atoms. The molecule has 2 amide bonds. The molecular weight excluding hydrogens is 412 g/mol. The molecule has 4 aromatic rings. The van der Waals surface area contributed by atoms with Crippen LogP contribution in [0.5, 0.6) is 0 Å². The molecule has 0 aliphatic rings. The van der Waals surface area contributed by atoms with E-state index in [1.165, 1.54) is 5.52 Å². The van der Waals surface area contributed by atoms with Gasteiger partial charge in [0.2, 0.25) is 11.8 Å². The Kier molecular flexibility index (Phi) is 6.41. The lowest BCUT2D eigenvalue weighted by molar-refractivity contribution is -0.118. The summed E-state index contributed by atoms with van der Waals surface area (Å²) >= 11 is 0. The van der Waals surface area contributed by atoms with Crippen LogP contribution >= 0.6 is 0 Å². The molecule has 33 heavy (non-hydrogen) atoms. The number of rotatable bonds is 7. The van der Waals surface area contributed by atoms with Gasteiger partial charge >= 0.3 is 0 Å². The van der Waals surface area contributed by atoms with Crippen molar-refractivity contribution in [2.75, 3.05) is 10.6 Å². The van der Waals surface area contributed by atoms with Crippen LogP contribution in [0.1, 0.15) is 32.3 Å². The average Bonchev–Trinajstić information content (AvgIpc) is 3.11. The zero-order valence-corrected chi connectivity index (χ0v) is 18.8. The minimum Gasteiger partial charge on any atom is -0.341 e. The Morgan fingerprint density at radius 2 is 1.55 bits per heavy atom. The third kappa shape index (κ3) is 4.88. The summed E-state index contributed by atoms with van der Waals surface area (Å²) in [5.41, 5.74) is 4.13. The van der Waals surface area contributed by atoms with E-state index in [1.54, 1.807) is 24.3 Å². The second kappa shape index (κ2) is 9.58. The molecule has 0 aliphatic carbocycles. The van der Waals surface area contributed by atoms with E-state index in [-0.39, 0.29) is 30.6 Å². The number of nitrogens with zero attached hydrogens (tertiary/aromatic N) is 2. The number of nitrogens with one attached hydrogen (secondary N) is 2. The van der Waals surface area contributed by atoms with Crippen molar-refractivity contribution in [2.24, 2.45) is 5.92 Å². The molecule has 2 N–H and O–H groups in total. The Morgan fingerprint density at radius 3 is 2.24 bits per heavy atom. The number of benzene rings is 3. The molecule has 1 atom stereocenters. The second-order valence-corrected chi connectivity index (χ2v) is 8.30. The van der Waals surface area contributed by atoms with Crippen molar-refractivity contribution in [1.82, 2.24) is 4.57 Å². The molecule has 0 aliphatic heterocycles. The van der Waals surface area contributed by atoms with Gasteiger partial charge < -0.3 is 15.2 Å². The second-order valence-electron chi connectivity index (χ2n) is 8.30. The van der Waals surface area contributed by atoms with Crippen LogP contribution in [-0.2, 0) is 16.1 Å². The van der Waals surface area contributed by atoms with Gasteiger partial charge in [0.15, 0.2) is 0 Å². The highest BCUT2D eigenvalue weighted by Gasteiger charge is 2.15. The van der Waals surface area contributed by atoms with Crippen molar-refractivity contribution < 1.29 is 9.59 Å². The molecule has 0 fully saturated rings. The maximum absolute atomic E-state index is 12.6. The van der Waals surface area contributed by atoms with Crippen molar-refractivity contribution in [2.45, 2.75) is 33.2 Å². The first-order chi connectivity index (χ1) is 16.0. The van der Waals surface area contributed by atoms with Gasteiger partial charge in [0.1, 0.15) is 0 Å². The molecule has 6 nitrogen and oxygen atoms in total. The van der Waals surface area contributed by atoms with Gasteiger partial charge in [-0.15, -0.1) is 0 Å². The lowest BCUT2D eigenvalue weighted by Crippen LogP contribution is -2.20. The van der Waals surface area contributed by atoms with Crippen LogP contribution < -0.4 is 10.6 Å². The van der Waals surface area contributed by atoms with E-state index in [4.69, 9.17) is 5.26 Å². The van der Waals surface area contributed by atoms with E-state index in [2.05, 4.69) is 40.3 Å². The van der Waals surface area contributed by atoms with Gasteiger partial charge in [-0.3, -0.25) is 9.59 Å². The summed E-state index contributed by atoms with van der Waals surface area (Å²) in [5.74, 6) is -0.436. The lowest BCUT2D eigenvalue weighted by atomic mass is 10.0. The molecule has 1 heterocycles. The van der Waals surface area contributed by atoms with Gasteiger partial charge in [0.05, 0.1) is 11.6 Å². The largest absolute Gasteiger partial charge is 0.341 e. The van der Waals surface area contributed by atoms with Crippen molar-refractivity contribution in [3.05, 3.63) is 72.3 Å². The number of aromatic nitrogens is 1. The Balaban J connectivity index is 1.39. The summed E-state index contributed by atoms with van der Waals surface area (Å²) in [7, 11) is 0. The Hall–Kier alpha value is -4.11. The molecule has 0 bridgehead atoms. The summed E-state index contributed by atoms with van der Waals surface area (Å²) in [6, 6.07) is 23.1. The maximum atomic E-state index is 12.6. The topological polar surface area (TPSA) is 86.9 Å². The minimum absolute atomic E-state index is 0.125. The molecule has 3 aromatic carbocycles. The fourth-order valence-electron chi connectivity index (χ4n) is 4.27. The van der Waals surface area contributed by atoms with Gasteiger partial charge in [0.25, 0.3) is 0 Å². The first kappa shape index (κ1) is 22.1. The summed E-state index contributed by atoms with van der Waals surface area (Å²) in [4.78, 5) is 25.0. The molecule has 0 saturated heterocycles. The van der Waals surface area contributed by atoms with E-state index in [1.807, 2.05) is 37.3 Å². The highest BCUT2D eigenvalue weighted by atomic mass is 16.2. The normalized spacial score (nSPS) is 11.8. The molecule has 4 rings (SSSR count). The van der Waals surface area contributed by atoms with Crippen LogP contribution in [0.4, 0.5) is 11.4 Å². The summed E-state index contributed by atoms with van der Waals surface area (Å²) < 4.78 is 2.27. The number of amides is 2. The van der Waals surface area contributed by atoms with Crippen LogP contribution in [0.2, 0.25) is 0 Å². The number of hydrogen-bond donors (Lipinski definition) is 2. The van der Waals surface area contributed by atoms with Crippen LogP contribution in [0.3, 0.4) is 0 Å². The van der Waals surface area contributed by atoms with Crippen molar-refractivity contribution >= 4 is 45.0 Å². The minimum atomic E-state index is -0.181. The van der Waals surface area contributed by atoms with Crippen molar-refractivity contribution in [3.8, 4) is 6.07 Å². The Bertz CT molecular complexity index is 1380. The number of hydrogen-bond acceptors (Lipinski definition) is 3. The zero-order valence-electron chi connectivity index (χ0n) is 18.8. The quantitative estimate of drug-likeness (QED) is 0.389. The number of nitriles is 1. The number of carbonyl (C=O) groups is 2. The van der Waals surface area contributed by atoms with Gasteiger partial charge in [-0.25, -0.2) is 0 Å². The lowest BCUT2D eigenvalue weighted by Gasteiger charge is -2.12. The number of fused-ring (bicyclic) bond motifs is 3. The summed E-state index contributed by atoms with van der Waals surface area (Å²) in [6.45, 7) is 4.87. The molecule has 6 heteroatoms. The van der Waals surface area contributed by atoms with Crippen molar-refractivity contribution in [3.63, 3.8) is 0 Å². The predicted octanol–water partition coefficient (Wildman–Crippen LogP) is 5.68. The van der Waals surface area contributed by atoms with E-state index < -0.39 is 0 Å². The monoisotopic (exact) mass is 438 g/mol. The highest BCUT2D eigenvalue weighted by Crippen LogP contribution is 2.31. The molecular formula is C27H26N4O2. The number of para-hydroxylation sites is 1. The fourth-order valence-corrected chi connectivity index (χ4v) is 4.27. The maximum Gasteiger partial charge on any atom is 0.224 e. The fraction of sp³-hybridized carbons (Fsp3) is 0.222. The molecule has 0 saturated carbocycles. The average molecular weight is 439 g/mol. The van der Waals surface area contributed by atoms with Crippen LogP contribution in [0.15, 0.2) is 66.7 Å². The number of anilines is 2. The number of carbonyl (C=O) groups excluding carboxylic acids is 2. The Morgan fingerprint density at radius 1 is 0.879 bits per heavy atom. The molecule has 166 valence electrons. The zero-order chi connectivity index (χ0) is 23.4. The first-order valence-electron chi connectivity index (χ1n) is 11.1. The third-order valence-electron chi connectivity index (χ3n) is 5.72. The third-order valence-corrected chi connectivity index (χ3v) is 5.72. The SMILES string of the molecule is CCn1c2ccccc2c2cc(NC(=O)CC(C)CC(=O)Nc3cccc(C#N)c3)ccc21. The van der Waals surface area contributed by atoms with Crippen LogP contribution in [0.25, 0.3) is 21.8 Å². The van der Waals surface area contributed by atoms with Gasteiger partial charge in [-0.05, 0) is 55.3 Å². The first-order valence-corrected chi connectivity index (χ1v) is 11.1. The Labute approximate surface area is 192 Å². The van der Waals surface area contributed by atoms with E-state index in [0.717, 1.165) is 28.5 Å². The van der Waals surface area contributed by atoms with E-state index in [0.29, 0.717) is 11.3 Å². The summed E-state index contributed by atoms with van der Waals surface area (Å²) in [6.07, 6.45) is 0.452. The highest BCUT2D eigenvalue weighted by molar-refractivity contribution is 6.09. The van der Waals surface area contributed by atoms with Gasteiger partial charge in [-0.2, -0.15) is 5.26 Å². The smallest absolute Gasteiger partial charge is 0.224 e. The van der Waals surface area contributed by atoms with E-state index >= 15 is 0 Å². The van der Waals surface area contributed by atoms with Crippen LogP contribution in [-0.4, -0.2) is 16.4 Å².